The van der Waals surface area contributed by atoms with Gasteiger partial charge in [-0.2, -0.15) is 25.3 Å². The number of unbranched alkanes of at least 4 members (excludes halogenated alkanes) is 1. The van der Waals surface area contributed by atoms with Gasteiger partial charge < -0.3 is 101 Å². The molecule has 0 aromatic carbocycles. The van der Waals surface area contributed by atoms with E-state index in [4.69, 9.17) is 17.2 Å². The van der Waals surface area contributed by atoms with Crippen LogP contribution in [0.5, 0.6) is 0 Å². The van der Waals surface area contributed by atoms with E-state index in [1.54, 1.807) is 27.7 Å². The minimum Gasteiger partial charge on any atom is -0.480 e. The van der Waals surface area contributed by atoms with Gasteiger partial charge in [0.2, 0.25) is 70.9 Å². The maximum Gasteiger partial charge on any atom is 0.327 e. The van der Waals surface area contributed by atoms with Gasteiger partial charge in [0, 0.05) is 23.5 Å². The third kappa shape index (κ3) is 25.3. The van der Waals surface area contributed by atoms with Crippen LogP contribution in [0.3, 0.4) is 0 Å². The largest absolute Gasteiger partial charge is 0.480 e. The van der Waals surface area contributed by atoms with E-state index in [-0.39, 0.29) is 44.5 Å². The molecule has 12 amide bonds. The second-order valence-electron chi connectivity index (χ2n) is 22.6. The fraction of sp³-hybridized carbons (Fsp3) is 0.755. The van der Waals surface area contributed by atoms with Crippen molar-refractivity contribution in [1.29, 1.82) is 0 Å². The molecule has 34 heteroatoms. The summed E-state index contributed by atoms with van der Waals surface area (Å²) in [6, 6.07) is -18.0. The van der Waals surface area contributed by atoms with Crippen LogP contribution in [-0.2, 0) is 62.3 Å². The summed E-state index contributed by atoms with van der Waals surface area (Å²) < 4.78 is -1.06. The van der Waals surface area contributed by atoms with Gasteiger partial charge in [-0.1, -0.05) is 48.0 Å². The molecule has 87 heavy (non-hydrogen) atoms. The summed E-state index contributed by atoms with van der Waals surface area (Å²) >= 11 is 8.25. The zero-order chi connectivity index (χ0) is 66.8. The highest BCUT2D eigenvalue weighted by molar-refractivity contribution is 7.81. The molecule has 496 valence electrons. The molecule has 1 rings (SSSR count). The van der Waals surface area contributed by atoms with Crippen LogP contribution < -0.4 is 70.4 Å². The Morgan fingerprint density at radius 2 is 0.989 bits per heavy atom. The maximum atomic E-state index is 14.0. The van der Waals surface area contributed by atoms with Crippen molar-refractivity contribution >= 4 is 102 Å². The number of carboxylic acids is 1. The number of nitrogens with one attached hydrogen (secondary N) is 10. The predicted molar refractivity (Wildman–Crippen MR) is 320 cm³/mol. The molecule has 0 radical (unpaired) electrons. The summed E-state index contributed by atoms with van der Waals surface area (Å²) in [5.74, 6) is -15.1. The lowest BCUT2D eigenvalue weighted by Crippen LogP contribution is -2.63. The smallest absolute Gasteiger partial charge is 0.327 e. The van der Waals surface area contributed by atoms with E-state index in [2.05, 4.69) is 78.4 Å². The quantitative estimate of drug-likeness (QED) is 0.0201. The molecule has 0 aromatic heterocycles. The average molecular weight is 1280 g/mol. The molecule has 0 unspecified atom stereocenters. The molecule has 0 aromatic rings. The van der Waals surface area contributed by atoms with Crippen LogP contribution in [0.1, 0.15) is 114 Å². The van der Waals surface area contributed by atoms with Gasteiger partial charge in [-0.25, -0.2) is 4.79 Å². The zero-order valence-corrected chi connectivity index (χ0v) is 52.5. The van der Waals surface area contributed by atoms with E-state index in [0.29, 0.717) is 19.3 Å². The van der Waals surface area contributed by atoms with Gasteiger partial charge in [-0.05, 0) is 83.6 Å². The summed E-state index contributed by atoms with van der Waals surface area (Å²) in [6.45, 7) is 10.7. The highest BCUT2D eigenvalue weighted by atomic mass is 32.1. The van der Waals surface area contributed by atoms with Crippen LogP contribution in [0.4, 0.5) is 0 Å². The van der Waals surface area contributed by atoms with Crippen LogP contribution in [0.25, 0.3) is 0 Å². The molecule has 0 spiro atoms. The lowest BCUT2D eigenvalue weighted by atomic mass is 9.96. The summed E-state index contributed by atoms with van der Waals surface area (Å²) in [5, 5.41) is 74.9. The van der Waals surface area contributed by atoms with Gasteiger partial charge in [-0.15, -0.1) is 0 Å². The minimum atomic E-state index is -1.85. The summed E-state index contributed by atoms with van der Waals surface area (Å²) in [5.41, 5.74) is 16.9. The number of hydrogen-bond acceptors (Lipinski definition) is 21. The monoisotopic (exact) mass is 1280 g/mol. The number of primary amides is 1. The van der Waals surface area contributed by atoms with E-state index < -0.39 is 204 Å². The number of nitrogens with zero attached hydrogens (tertiary/aromatic N) is 1. The first kappa shape index (κ1) is 78.6. The molecule has 1 fully saturated rings. The Morgan fingerprint density at radius 1 is 0.575 bits per heavy atom. The number of thiol groups is 2. The number of aliphatic carboxylic acids is 1. The summed E-state index contributed by atoms with van der Waals surface area (Å²) in [7, 11) is 0. The molecule has 21 N–H and O–H groups in total. The van der Waals surface area contributed by atoms with Crippen molar-refractivity contribution in [3.63, 3.8) is 0 Å². The Labute approximate surface area is 516 Å². The lowest BCUT2D eigenvalue weighted by Gasteiger charge is -2.31. The molecule has 1 aliphatic heterocycles. The molecule has 1 heterocycles. The number of carbonyl (C=O) groups excluding carboxylic acids is 12. The first-order valence-electron chi connectivity index (χ1n) is 28.7. The third-order valence-electron chi connectivity index (χ3n) is 14.3. The number of carboxylic acid groups (broad SMARTS) is 1. The van der Waals surface area contributed by atoms with Gasteiger partial charge in [0.1, 0.15) is 66.5 Å². The topological polar surface area (TPSA) is 525 Å². The number of aliphatic hydroxyl groups excluding tert-OH is 4. The second-order valence-corrected chi connectivity index (χ2v) is 24.1. The van der Waals surface area contributed by atoms with Crippen molar-refractivity contribution in [2.24, 2.45) is 35.0 Å². The highest BCUT2D eigenvalue weighted by Crippen LogP contribution is 2.20. The SMILES string of the molecule is CC[C@H](C)[C@H](NC(=O)[C@@H](NC(=O)[C@H](CCCCN)NC(=O)[C@H](CO)NC(=O)[C@@H]1CCCN1C(=O)[C@H](CO)NC(=O)[C@@H](NC(=O)[C@H](CO)NC(=O)[C@@H](NC(=O)[C@H](CCC(N)=O)NC(=O)[C@@H](N)C(C)(C)S)[C@@H](C)O)C(C)C)C(C)C)C(=O)N[C@@H](CS)C(=O)O. The van der Waals surface area contributed by atoms with Gasteiger partial charge in [-0.3, -0.25) is 57.5 Å². The zero-order valence-electron chi connectivity index (χ0n) is 50.8. The number of likely N-dealkylation sites (tertiary alicyclic amines) is 1. The van der Waals surface area contributed by atoms with Crippen molar-refractivity contribution in [2.75, 3.05) is 38.7 Å². The fourth-order valence-electron chi connectivity index (χ4n) is 8.67. The first-order chi connectivity index (χ1) is 40.6. The van der Waals surface area contributed by atoms with E-state index in [1.165, 1.54) is 27.7 Å². The standard InChI is InChI=1S/C53H94N14O18S2/c1-10-26(6)38(48(80)62-33(23-86)52(84)85)65-47(79)37(25(4)5)63-41(73)28(14-11-12-18-54)57-43(75)30(20-68)59-45(77)34-15-13-19-67(34)51(83)32(22-70)61-46(78)36(24(2)3)64-44(76)31(21-69)60-49(81)39(27(7)71)66-42(74)29(16-17-35(55)72)58-50(82)40(56)53(8,9)87/h24-34,36-40,68-71,86-87H,10-23,54,56H2,1-9H3,(H2,55,72)(H,57,75)(H,58,82)(H,59,77)(H,60,81)(H,61,78)(H,62,80)(H,63,73)(H,64,76)(H,65,79)(H,66,74)(H,84,85)/t26-,27+,28-,29-,30-,31-,32-,33-,34-,36-,37-,38-,39-,40+/m0/s1. The van der Waals surface area contributed by atoms with Crippen molar-refractivity contribution < 1.29 is 87.9 Å². The van der Waals surface area contributed by atoms with Crippen LogP contribution in [0.2, 0.25) is 0 Å². The van der Waals surface area contributed by atoms with Crippen LogP contribution in [-0.4, -0.2) is 229 Å². The lowest BCUT2D eigenvalue weighted by molar-refractivity contribution is -0.143. The van der Waals surface area contributed by atoms with E-state index >= 15 is 0 Å². The van der Waals surface area contributed by atoms with E-state index in [0.717, 1.165) is 11.8 Å². The second kappa shape index (κ2) is 38.1. The summed E-state index contributed by atoms with van der Waals surface area (Å²) in [6.07, 6.45) is -1.16. The van der Waals surface area contributed by atoms with Crippen molar-refractivity contribution in [3.8, 4) is 0 Å². The minimum absolute atomic E-state index is 0.00960. The predicted octanol–water partition coefficient (Wildman–Crippen LogP) is -7.01. The van der Waals surface area contributed by atoms with Crippen LogP contribution >= 0.6 is 25.3 Å². The van der Waals surface area contributed by atoms with Gasteiger partial charge >= 0.3 is 5.97 Å². The normalized spacial score (nSPS) is 17.8. The van der Waals surface area contributed by atoms with E-state index in [9.17, 15) is 87.9 Å². The molecule has 32 nitrogen and oxygen atoms in total. The fourth-order valence-corrected chi connectivity index (χ4v) is 9.03. The van der Waals surface area contributed by atoms with Crippen molar-refractivity contribution in [1.82, 2.24) is 58.1 Å². The van der Waals surface area contributed by atoms with Crippen LogP contribution in [0, 0.1) is 17.8 Å². The number of nitrogens with two attached hydrogens (primary N) is 3. The molecular formula is C53H94N14O18S2. The van der Waals surface area contributed by atoms with Gasteiger partial charge in [0.25, 0.3) is 0 Å². The Morgan fingerprint density at radius 3 is 1.45 bits per heavy atom. The Hall–Kier alpha value is -6.43. The molecular weight excluding hydrogens is 1180 g/mol. The maximum absolute atomic E-state index is 14.0. The number of amides is 12. The molecule has 0 aliphatic carbocycles. The Bertz CT molecular complexity index is 2380. The Balaban J connectivity index is 3.27. The van der Waals surface area contributed by atoms with Crippen LogP contribution in [0.15, 0.2) is 0 Å². The highest BCUT2D eigenvalue weighted by Gasteiger charge is 2.42. The summed E-state index contributed by atoms with van der Waals surface area (Å²) in [4.78, 5) is 174. The number of rotatable bonds is 39. The van der Waals surface area contributed by atoms with Crippen molar-refractivity contribution in [2.45, 2.75) is 197 Å². The third-order valence-corrected chi connectivity index (χ3v) is 15.0. The van der Waals surface area contributed by atoms with Gasteiger partial charge in [0.15, 0.2) is 0 Å². The molecule has 0 bridgehead atoms. The average Bonchev–Trinajstić information content (AvgIpc) is 2.54. The van der Waals surface area contributed by atoms with Crippen molar-refractivity contribution in [3.05, 3.63) is 0 Å². The molecule has 14 atom stereocenters. The molecule has 1 aliphatic rings. The van der Waals surface area contributed by atoms with E-state index in [1.807, 2.05) is 0 Å². The number of aliphatic hydroxyl groups is 4. The van der Waals surface area contributed by atoms with Gasteiger partial charge in [0.05, 0.1) is 32.0 Å². The Kier molecular flexibility index (Phi) is 34.4. The number of carbonyl (C=O) groups is 13. The first-order valence-corrected chi connectivity index (χ1v) is 29.8. The molecule has 0 saturated carbocycles. The molecule has 1 saturated heterocycles. The number of hydrogen-bond donors (Lipinski definition) is 20.